The van der Waals surface area contributed by atoms with Crippen LogP contribution in [0.4, 0.5) is 0 Å². The fraction of sp³-hybridized carbons (Fsp3) is 0.273. The number of hydrogen-bond acceptors (Lipinski definition) is 6. The van der Waals surface area contributed by atoms with Crippen molar-refractivity contribution in [3.05, 3.63) is 59.9 Å². The van der Waals surface area contributed by atoms with Crippen LogP contribution in [-0.2, 0) is 9.59 Å². The summed E-state index contributed by atoms with van der Waals surface area (Å²) >= 11 is 0. The molecule has 146 valence electrons. The van der Waals surface area contributed by atoms with Gasteiger partial charge in [-0.05, 0) is 42.4 Å². The van der Waals surface area contributed by atoms with E-state index in [1.807, 2.05) is 0 Å². The van der Waals surface area contributed by atoms with Crippen molar-refractivity contribution in [3.8, 4) is 11.3 Å². The SMILES string of the molecule is O=C([O-])c1ccc(-c2ccc(/C=N\N3C(=O)[C@@H]4[C@H](C3=O)[C@@H]3C=C[C@H]4CC3)o2)cc1. The number of allylic oxidation sites excluding steroid dienone is 2. The van der Waals surface area contributed by atoms with Crippen LogP contribution in [-0.4, -0.2) is 29.0 Å². The predicted molar refractivity (Wildman–Crippen MR) is 100 cm³/mol. The summed E-state index contributed by atoms with van der Waals surface area (Å²) < 4.78 is 5.70. The standard InChI is InChI=1S/C22H18N2O5/c25-20-18-13-3-4-14(6-5-13)19(18)21(26)24(20)23-11-16-9-10-17(29-16)12-1-7-15(8-2-12)22(27)28/h1-4,7-11,13-14,18-19H,5-6H2,(H,27,28)/p-1/b23-11-/t13-,14+,18-,19+. The van der Waals surface area contributed by atoms with Gasteiger partial charge < -0.3 is 14.3 Å². The van der Waals surface area contributed by atoms with Crippen molar-refractivity contribution in [3.63, 3.8) is 0 Å². The van der Waals surface area contributed by atoms with Gasteiger partial charge in [-0.2, -0.15) is 10.1 Å². The molecule has 2 heterocycles. The highest BCUT2D eigenvalue weighted by Gasteiger charge is 2.56. The summed E-state index contributed by atoms with van der Waals surface area (Å²) in [5.74, 6) is -1.14. The molecule has 29 heavy (non-hydrogen) atoms. The highest BCUT2D eigenvalue weighted by atomic mass is 16.4. The molecule has 0 unspecified atom stereocenters. The van der Waals surface area contributed by atoms with Gasteiger partial charge in [-0.3, -0.25) is 9.59 Å². The van der Waals surface area contributed by atoms with Gasteiger partial charge in [0.2, 0.25) is 0 Å². The monoisotopic (exact) mass is 389 g/mol. The van der Waals surface area contributed by atoms with E-state index < -0.39 is 5.97 Å². The number of hydrazone groups is 1. The fourth-order valence-corrected chi connectivity index (χ4v) is 4.63. The minimum absolute atomic E-state index is 0.0815. The van der Waals surface area contributed by atoms with Crippen LogP contribution in [0.1, 0.15) is 29.0 Å². The fourth-order valence-electron chi connectivity index (χ4n) is 4.63. The second kappa shape index (κ2) is 6.55. The highest BCUT2D eigenvalue weighted by molar-refractivity contribution is 6.06. The second-order valence-corrected chi connectivity index (χ2v) is 7.64. The van der Waals surface area contributed by atoms with Crippen molar-refractivity contribution >= 4 is 24.0 Å². The molecule has 6 rings (SSSR count). The minimum atomic E-state index is -1.24. The van der Waals surface area contributed by atoms with Gasteiger partial charge in [0.05, 0.1) is 24.0 Å². The molecule has 4 aliphatic rings. The van der Waals surface area contributed by atoms with Gasteiger partial charge >= 0.3 is 0 Å². The summed E-state index contributed by atoms with van der Waals surface area (Å²) in [6.45, 7) is 0. The lowest BCUT2D eigenvalue weighted by Gasteiger charge is -2.37. The first-order valence-corrected chi connectivity index (χ1v) is 9.54. The largest absolute Gasteiger partial charge is 0.545 e. The lowest BCUT2D eigenvalue weighted by atomic mass is 9.63. The Kier molecular flexibility index (Phi) is 3.97. The number of amides is 2. The Balaban J connectivity index is 1.34. The van der Waals surface area contributed by atoms with Crippen LogP contribution >= 0.6 is 0 Å². The van der Waals surface area contributed by atoms with E-state index in [2.05, 4.69) is 17.3 Å². The van der Waals surface area contributed by atoms with Crippen LogP contribution in [0.5, 0.6) is 0 Å². The first kappa shape index (κ1) is 17.6. The summed E-state index contributed by atoms with van der Waals surface area (Å²) in [7, 11) is 0. The van der Waals surface area contributed by atoms with Crippen LogP contribution in [0.3, 0.4) is 0 Å². The third-order valence-corrected chi connectivity index (χ3v) is 6.07. The van der Waals surface area contributed by atoms with E-state index in [1.165, 1.54) is 18.3 Å². The van der Waals surface area contributed by atoms with Crippen LogP contribution in [0.2, 0.25) is 0 Å². The van der Waals surface area contributed by atoms with Crippen LogP contribution in [0.25, 0.3) is 11.3 Å². The summed E-state index contributed by atoms with van der Waals surface area (Å²) in [6.07, 6.45) is 7.38. The maximum atomic E-state index is 12.7. The summed E-state index contributed by atoms with van der Waals surface area (Å²) in [6, 6.07) is 9.50. The molecule has 7 nitrogen and oxygen atoms in total. The number of hydrogen-bond donors (Lipinski definition) is 0. The lowest BCUT2D eigenvalue weighted by Crippen LogP contribution is -2.38. The molecule has 2 fully saturated rings. The van der Waals surface area contributed by atoms with Crippen molar-refractivity contribution in [2.75, 3.05) is 0 Å². The number of aromatic carboxylic acids is 1. The first-order valence-electron chi connectivity index (χ1n) is 9.54. The van der Waals surface area contributed by atoms with E-state index in [4.69, 9.17) is 4.42 Å². The van der Waals surface area contributed by atoms with E-state index in [0.717, 1.165) is 17.9 Å². The average Bonchev–Trinajstić information content (AvgIpc) is 3.32. The first-order chi connectivity index (χ1) is 14.0. The minimum Gasteiger partial charge on any atom is -0.545 e. The Morgan fingerprint density at radius 2 is 1.62 bits per heavy atom. The van der Waals surface area contributed by atoms with Gasteiger partial charge in [-0.1, -0.05) is 36.4 Å². The number of rotatable bonds is 4. The zero-order chi connectivity index (χ0) is 20.1. The number of fused-ring (bicyclic) bond motifs is 1. The predicted octanol–water partition coefficient (Wildman–Crippen LogP) is 1.84. The van der Waals surface area contributed by atoms with E-state index in [-0.39, 0.29) is 41.0 Å². The third kappa shape index (κ3) is 2.81. The second-order valence-electron chi connectivity index (χ2n) is 7.64. The molecule has 0 N–H and O–H groups in total. The molecule has 2 amide bonds. The molecule has 1 aliphatic heterocycles. The van der Waals surface area contributed by atoms with E-state index >= 15 is 0 Å². The number of carbonyl (C=O) groups is 3. The highest BCUT2D eigenvalue weighted by Crippen LogP contribution is 2.49. The maximum absolute atomic E-state index is 12.7. The van der Waals surface area contributed by atoms with Crippen molar-refractivity contribution in [2.45, 2.75) is 12.8 Å². The zero-order valence-electron chi connectivity index (χ0n) is 15.4. The molecule has 3 aliphatic carbocycles. The van der Waals surface area contributed by atoms with Gasteiger partial charge in [-0.25, -0.2) is 0 Å². The number of nitrogens with zero attached hydrogens (tertiary/aromatic N) is 2. The third-order valence-electron chi connectivity index (χ3n) is 6.07. The van der Waals surface area contributed by atoms with E-state index in [1.54, 1.807) is 24.3 Å². The Bertz CT molecular complexity index is 1030. The Morgan fingerprint density at radius 1 is 1.00 bits per heavy atom. The van der Waals surface area contributed by atoms with Gasteiger partial charge in [0.15, 0.2) is 0 Å². The molecule has 2 bridgehead atoms. The number of carbonyl (C=O) groups excluding carboxylic acids is 3. The number of benzene rings is 1. The Labute approximate surface area is 166 Å². The van der Waals surface area contributed by atoms with E-state index in [9.17, 15) is 19.5 Å². The summed E-state index contributed by atoms with van der Waals surface area (Å²) in [5, 5.41) is 16.0. The van der Waals surface area contributed by atoms with Crippen molar-refractivity contribution in [2.24, 2.45) is 28.8 Å². The lowest BCUT2D eigenvalue weighted by molar-refractivity contribution is -0.255. The summed E-state index contributed by atoms with van der Waals surface area (Å²) in [4.78, 5) is 36.3. The van der Waals surface area contributed by atoms with Gasteiger partial charge in [0.25, 0.3) is 11.8 Å². The van der Waals surface area contributed by atoms with Crippen molar-refractivity contribution in [1.82, 2.24) is 5.01 Å². The van der Waals surface area contributed by atoms with E-state index in [0.29, 0.717) is 17.1 Å². The molecule has 1 aromatic carbocycles. The molecule has 0 spiro atoms. The molecule has 0 radical (unpaired) electrons. The molecule has 1 saturated heterocycles. The molecule has 1 saturated carbocycles. The molecular formula is C22H17N2O5-. The average molecular weight is 389 g/mol. The summed E-state index contributed by atoms with van der Waals surface area (Å²) in [5.41, 5.74) is 0.773. The van der Waals surface area contributed by atoms with Gasteiger partial charge in [-0.15, -0.1) is 0 Å². The molecule has 2 aromatic rings. The molecule has 7 heteroatoms. The smallest absolute Gasteiger partial charge is 0.254 e. The molecule has 4 atom stereocenters. The molecule has 1 aromatic heterocycles. The maximum Gasteiger partial charge on any atom is 0.254 e. The number of carboxylic acid groups (broad SMARTS) is 1. The Morgan fingerprint density at radius 3 is 2.17 bits per heavy atom. The number of imide groups is 1. The quantitative estimate of drug-likeness (QED) is 0.451. The topological polar surface area (TPSA) is 103 Å². The van der Waals surface area contributed by atoms with Crippen LogP contribution in [0.15, 0.2) is 58.1 Å². The number of furan rings is 1. The van der Waals surface area contributed by atoms with Gasteiger partial charge in [0.1, 0.15) is 11.5 Å². The van der Waals surface area contributed by atoms with Crippen molar-refractivity contribution in [1.29, 1.82) is 0 Å². The normalized spacial score (nSPS) is 27.8. The van der Waals surface area contributed by atoms with Crippen molar-refractivity contribution < 1.29 is 23.9 Å². The van der Waals surface area contributed by atoms with Gasteiger partial charge in [0, 0.05) is 5.56 Å². The number of carboxylic acids is 1. The Hall–Kier alpha value is -3.48. The van der Waals surface area contributed by atoms with Crippen LogP contribution in [0, 0.1) is 23.7 Å². The zero-order valence-corrected chi connectivity index (χ0v) is 15.4. The van der Waals surface area contributed by atoms with Crippen LogP contribution < -0.4 is 5.11 Å². The molecular weight excluding hydrogens is 372 g/mol.